The molecule has 0 aromatic heterocycles. The minimum Gasteiger partial charge on any atom is -0.268 e. The molecule has 92 valence electrons. The summed E-state index contributed by atoms with van der Waals surface area (Å²) in [5, 5.41) is 0.368. The van der Waals surface area contributed by atoms with E-state index >= 15 is 0 Å². The van der Waals surface area contributed by atoms with E-state index in [4.69, 9.17) is 11.6 Å². The van der Waals surface area contributed by atoms with Gasteiger partial charge in [-0.25, -0.2) is 0 Å². The van der Waals surface area contributed by atoms with Crippen LogP contribution in [0.4, 0.5) is 4.79 Å². The fourth-order valence-electron chi connectivity index (χ4n) is 1.50. The van der Waals surface area contributed by atoms with Gasteiger partial charge in [-0.1, -0.05) is 29.8 Å². The Hall–Kier alpha value is -1.52. The first kappa shape index (κ1) is 12.9. The molecule has 0 aliphatic carbocycles. The molecule has 5 heteroatoms. The van der Waals surface area contributed by atoms with Crippen molar-refractivity contribution in [3.8, 4) is 0 Å². The molecule has 0 spiro atoms. The highest BCUT2D eigenvalue weighted by Gasteiger charge is 2.33. The summed E-state index contributed by atoms with van der Waals surface area (Å²) < 4.78 is 0. The summed E-state index contributed by atoms with van der Waals surface area (Å²) in [7, 11) is 0. The standard InChI is InChI=1S/C13H10ClNO2S/c1-2-7-15-12(16)11(18-13(15)17)8-9-3-5-10(14)6-4-9/h2-6,8H,1,7H2. The molecule has 1 aromatic rings. The van der Waals surface area contributed by atoms with Crippen LogP contribution in [-0.2, 0) is 4.79 Å². The number of thioether (sulfide) groups is 1. The fraction of sp³-hybridized carbons (Fsp3) is 0.0769. The second kappa shape index (κ2) is 5.42. The zero-order chi connectivity index (χ0) is 13.1. The van der Waals surface area contributed by atoms with Crippen LogP contribution in [0.2, 0.25) is 5.02 Å². The van der Waals surface area contributed by atoms with Gasteiger partial charge in [-0.2, -0.15) is 0 Å². The molecule has 1 heterocycles. The van der Waals surface area contributed by atoms with Gasteiger partial charge in [0.15, 0.2) is 0 Å². The lowest BCUT2D eigenvalue weighted by Gasteiger charge is -2.07. The van der Waals surface area contributed by atoms with Crippen molar-refractivity contribution in [2.75, 3.05) is 6.54 Å². The first-order chi connectivity index (χ1) is 8.61. The number of hydrogen-bond acceptors (Lipinski definition) is 3. The predicted molar refractivity (Wildman–Crippen MR) is 74.3 cm³/mol. The van der Waals surface area contributed by atoms with Gasteiger partial charge in [-0.3, -0.25) is 14.5 Å². The number of benzene rings is 1. The van der Waals surface area contributed by atoms with Gasteiger partial charge in [0.25, 0.3) is 11.1 Å². The molecule has 1 aliphatic heterocycles. The smallest absolute Gasteiger partial charge is 0.268 e. The van der Waals surface area contributed by atoms with Crippen molar-refractivity contribution in [1.82, 2.24) is 4.90 Å². The Morgan fingerprint density at radius 3 is 2.56 bits per heavy atom. The molecule has 18 heavy (non-hydrogen) atoms. The number of carbonyl (C=O) groups excluding carboxylic acids is 2. The van der Waals surface area contributed by atoms with E-state index in [1.54, 1.807) is 30.3 Å². The van der Waals surface area contributed by atoms with Crippen molar-refractivity contribution in [2.45, 2.75) is 0 Å². The largest absolute Gasteiger partial charge is 0.293 e. The minimum atomic E-state index is -0.278. The quantitative estimate of drug-likeness (QED) is 0.627. The van der Waals surface area contributed by atoms with Crippen LogP contribution < -0.4 is 0 Å². The van der Waals surface area contributed by atoms with Crippen LogP contribution in [0.1, 0.15) is 5.56 Å². The first-order valence-electron chi connectivity index (χ1n) is 5.23. The van der Waals surface area contributed by atoms with Gasteiger partial charge in [-0.15, -0.1) is 6.58 Å². The number of hydrogen-bond donors (Lipinski definition) is 0. The highest BCUT2D eigenvalue weighted by Crippen LogP contribution is 2.32. The monoisotopic (exact) mass is 279 g/mol. The van der Waals surface area contributed by atoms with Gasteiger partial charge in [-0.05, 0) is 35.5 Å². The molecule has 0 saturated carbocycles. The highest BCUT2D eigenvalue weighted by atomic mass is 35.5. The Morgan fingerprint density at radius 1 is 1.28 bits per heavy atom. The minimum absolute atomic E-state index is 0.239. The molecular formula is C13H10ClNO2S. The summed E-state index contributed by atoms with van der Waals surface area (Å²) in [5.74, 6) is -0.278. The molecule has 0 atom stereocenters. The molecule has 1 aliphatic rings. The molecule has 3 nitrogen and oxygen atoms in total. The van der Waals surface area contributed by atoms with Crippen LogP contribution in [0.5, 0.6) is 0 Å². The van der Waals surface area contributed by atoms with E-state index < -0.39 is 0 Å². The van der Waals surface area contributed by atoms with Crippen LogP contribution in [0.15, 0.2) is 41.8 Å². The maximum absolute atomic E-state index is 11.9. The van der Waals surface area contributed by atoms with Crippen molar-refractivity contribution >= 4 is 40.6 Å². The van der Waals surface area contributed by atoms with Gasteiger partial charge in [0.1, 0.15) is 0 Å². The lowest BCUT2D eigenvalue weighted by Crippen LogP contribution is -2.27. The maximum Gasteiger partial charge on any atom is 0.293 e. The molecule has 2 amide bonds. The zero-order valence-corrected chi connectivity index (χ0v) is 11.0. The lowest BCUT2D eigenvalue weighted by atomic mass is 10.2. The summed E-state index contributed by atoms with van der Waals surface area (Å²) in [6, 6.07) is 7.07. The summed E-state index contributed by atoms with van der Waals surface area (Å²) in [6.45, 7) is 3.76. The van der Waals surface area contributed by atoms with Crippen molar-refractivity contribution in [2.24, 2.45) is 0 Å². The van der Waals surface area contributed by atoms with E-state index in [0.717, 1.165) is 17.3 Å². The molecule has 1 saturated heterocycles. The third kappa shape index (κ3) is 2.66. The molecule has 1 fully saturated rings. The van der Waals surface area contributed by atoms with Crippen LogP contribution in [0.25, 0.3) is 6.08 Å². The third-order valence-corrected chi connectivity index (χ3v) is 3.51. The third-order valence-electron chi connectivity index (χ3n) is 2.35. The van der Waals surface area contributed by atoms with Crippen LogP contribution in [-0.4, -0.2) is 22.6 Å². The Balaban J connectivity index is 2.24. The van der Waals surface area contributed by atoms with Gasteiger partial charge < -0.3 is 0 Å². The molecule has 0 radical (unpaired) electrons. The molecule has 0 bridgehead atoms. The van der Waals surface area contributed by atoms with Crippen LogP contribution in [0, 0.1) is 0 Å². The second-order valence-electron chi connectivity index (χ2n) is 3.63. The fourth-order valence-corrected chi connectivity index (χ4v) is 2.47. The lowest BCUT2D eigenvalue weighted by molar-refractivity contribution is -0.122. The zero-order valence-electron chi connectivity index (χ0n) is 9.43. The van der Waals surface area contributed by atoms with Crippen molar-refractivity contribution in [1.29, 1.82) is 0 Å². The van der Waals surface area contributed by atoms with Gasteiger partial charge >= 0.3 is 0 Å². The summed E-state index contributed by atoms with van der Waals surface area (Å²) in [6.07, 6.45) is 3.21. The highest BCUT2D eigenvalue weighted by molar-refractivity contribution is 8.18. The van der Waals surface area contributed by atoms with E-state index in [-0.39, 0.29) is 17.7 Å². The van der Waals surface area contributed by atoms with Crippen molar-refractivity contribution in [3.63, 3.8) is 0 Å². The SMILES string of the molecule is C=CCN1C(=O)SC(=Cc2ccc(Cl)cc2)C1=O. The Labute approximate surface area is 114 Å². The maximum atomic E-state index is 11.9. The van der Waals surface area contributed by atoms with E-state index in [1.165, 1.54) is 11.0 Å². The van der Waals surface area contributed by atoms with E-state index in [2.05, 4.69) is 6.58 Å². The topological polar surface area (TPSA) is 37.4 Å². The van der Waals surface area contributed by atoms with E-state index in [0.29, 0.717) is 9.93 Å². The average Bonchev–Trinajstić information content (AvgIpc) is 2.60. The first-order valence-corrected chi connectivity index (χ1v) is 6.43. The number of rotatable bonds is 3. The summed E-state index contributed by atoms with van der Waals surface area (Å²) in [5.41, 5.74) is 0.837. The van der Waals surface area contributed by atoms with Gasteiger partial charge in [0.05, 0.1) is 4.91 Å². The van der Waals surface area contributed by atoms with Crippen LogP contribution >= 0.6 is 23.4 Å². The molecule has 1 aromatic carbocycles. The Bertz CT molecular complexity index is 536. The normalized spacial score (nSPS) is 17.6. The second-order valence-corrected chi connectivity index (χ2v) is 5.06. The van der Waals surface area contributed by atoms with Crippen LogP contribution in [0.3, 0.4) is 0 Å². The molecular weight excluding hydrogens is 270 g/mol. The van der Waals surface area contributed by atoms with Gasteiger partial charge in [0, 0.05) is 11.6 Å². The van der Waals surface area contributed by atoms with Crippen molar-refractivity contribution in [3.05, 3.63) is 52.4 Å². The van der Waals surface area contributed by atoms with E-state index in [9.17, 15) is 9.59 Å². The summed E-state index contributed by atoms with van der Waals surface area (Å²) >= 11 is 6.72. The Morgan fingerprint density at radius 2 is 1.94 bits per heavy atom. The Kier molecular flexibility index (Phi) is 3.89. The number of halogens is 1. The number of amides is 2. The average molecular weight is 280 g/mol. The molecule has 0 N–H and O–H groups in total. The number of imide groups is 1. The molecule has 0 unspecified atom stereocenters. The van der Waals surface area contributed by atoms with E-state index in [1.807, 2.05) is 0 Å². The van der Waals surface area contributed by atoms with Crippen molar-refractivity contribution < 1.29 is 9.59 Å². The van der Waals surface area contributed by atoms with Gasteiger partial charge in [0.2, 0.25) is 0 Å². The summed E-state index contributed by atoms with van der Waals surface area (Å²) in [4.78, 5) is 25.1. The predicted octanol–water partition coefficient (Wildman–Crippen LogP) is 3.56. The molecule has 2 rings (SSSR count). The number of carbonyl (C=O) groups is 2. The number of nitrogens with zero attached hydrogens (tertiary/aromatic N) is 1.